The van der Waals surface area contributed by atoms with Crippen molar-refractivity contribution in [3.63, 3.8) is 0 Å². The van der Waals surface area contributed by atoms with E-state index >= 15 is 0 Å². The second kappa shape index (κ2) is 6.70. The van der Waals surface area contributed by atoms with Gasteiger partial charge >= 0.3 is 5.97 Å². The predicted octanol–water partition coefficient (Wildman–Crippen LogP) is 3.42. The number of rotatable bonds is 4. The van der Waals surface area contributed by atoms with Crippen LogP contribution >= 0.6 is 0 Å². The van der Waals surface area contributed by atoms with E-state index in [4.69, 9.17) is 4.74 Å². The molecular formula is C17H17NO3. The maximum absolute atomic E-state index is 12.0. The van der Waals surface area contributed by atoms with Crippen molar-refractivity contribution >= 4 is 17.6 Å². The third-order valence-electron chi connectivity index (χ3n) is 2.97. The second-order valence-corrected chi connectivity index (χ2v) is 4.62. The van der Waals surface area contributed by atoms with Gasteiger partial charge < -0.3 is 10.1 Å². The molecule has 0 saturated heterocycles. The molecule has 0 aliphatic heterocycles. The fourth-order valence-electron chi connectivity index (χ4n) is 1.81. The highest BCUT2D eigenvalue weighted by Gasteiger charge is 2.08. The van der Waals surface area contributed by atoms with E-state index in [0.29, 0.717) is 23.4 Å². The molecule has 21 heavy (non-hydrogen) atoms. The Kier molecular flexibility index (Phi) is 4.72. The average molecular weight is 283 g/mol. The van der Waals surface area contributed by atoms with Gasteiger partial charge in [0.15, 0.2) is 0 Å². The van der Waals surface area contributed by atoms with Gasteiger partial charge in [0.1, 0.15) is 0 Å². The molecule has 1 N–H and O–H groups in total. The van der Waals surface area contributed by atoms with Crippen molar-refractivity contribution < 1.29 is 14.3 Å². The molecule has 2 rings (SSSR count). The van der Waals surface area contributed by atoms with Crippen LogP contribution in [0.4, 0.5) is 5.69 Å². The summed E-state index contributed by atoms with van der Waals surface area (Å²) in [4.78, 5) is 23.6. The minimum absolute atomic E-state index is 0.182. The van der Waals surface area contributed by atoms with Crippen LogP contribution in [0.1, 0.15) is 33.2 Å². The average Bonchev–Trinajstić information content (AvgIpc) is 2.49. The van der Waals surface area contributed by atoms with Crippen LogP contribution in [0.5, 0.6) is 0 Å². The summed E-state index contributed by atoms with van der Waals surface area (Å²) in [6.07, 6.45) is 0. The van der Waals surface area contributed by atoms with E-state index in [0.717, 1.165) is 5.56 Å². The van der Waals surface area contributed by atoms with Crippen molar-refractivity contribution in [2.75, 3.05) is 11.9 Å². The molecule has 4 heteroatoms. The second-order valence-electron chi connectivity index (χ2n) is 4.62. The van der Waals surface area contributed by atoms with Gasteiger partial charge in [0.2, 0.25) is 0 Å². The molecule has 0 bridgehead atoms. The minimum Gasteiger partial charge on any atom is -0.462 e. The molecule has 108 valence electrons. The van der Waals surface area contributed by atoms with Gasteiger partial charge in [0, 0.05) is 11.3 Å². The summed E-state index contributed by atoms with van der Waals surface area (Å²) in [7, 11) is 0. The van der Waals surface area contributed by atoms with Crippen LogP contribution in [0.15, 0.2) is 48.5 Å². The van der Waals surface area contributed by atoms with Gasteiger partial charge in [-0.05, 0) is 50.2 Å². The number of carbonyl (C=O) groups is 2. The molecule has 0 aliphatic carbocycles. The lowest BCUT2D eigenvalue weighted by Crippen LogP contribution is -2.12. The molecular weight excluding hydrogens is 266 g/mol. The highest BCUT2D eigenvalue weighted by atomic mass is 16.5. The maximum Gasteiger partial charge on any atom is 0.338 e. The van der Waals surface area contributed by atoms with Gasteiger partial charge in [0.25, 0.3) is 5.91 Å². The Labute approximate surface area is 123 Å². The first-order chi connectivity index (χ1) is 10.1. The Balaban J connectivity index is 2.04. The first-order valence-electron chi connectivity index (χ1n) is 6.75. The molecule has 0 aliphatic rings. The van der Waals surface area contributed by atoms with Crippen LogP contribution in [0, 0.1) is 6.92 Å². The smallest absolute Gasteiger partial charge is 0.338 e. The Bertz CT molecular complexity index is 630. The van der Waals surface area contributed by atoms with Crippen LogP contribution < -0.4 is 5.32 Å². The lowest BCUT2D eigenvalue weighted by Gasteiger charge is -2.07. The standard InChI is InChI=1S/C17H17NO3/c1-3-21-17(20)14-8-10-15(11-9-14)18-16(19)13-6-4-12(2)5-7-13/h4-11H,3H2,1-2H3,(H,18,19). The van der Waals surface area contributed by atoms with Crippen molar-refractivity contribution in [2.45, 2.75) is 13.8 Å². The van der Waals surface area contributed by atoms with Crippen LogP contribution in [0.25, 0.3) is 0 Å². The molecule has 2 aromatic carbocycles. The zero-order chi connectivity index (χ0) is 15.2. The Morgan fingerprint density at radius 1 is 0.952 bits per heavy atom. The molecule has 0 atom stereocenters. The number of aryl methyl sites for hydroxylation is 1. The predicted molar refractivity (Wildman–Crippen MR) is 81.5 cm³/mol. The van der Waals surface area contributed by atoms with Crippen LogP contribution in [-0.4, -0.2) is 18.5 Å². The number of hydrogen-bond donors (Lipinski definition) is 1. The van der Waals surface area contributed by atoms with E-state index in [2.05, 4.69) is 5.32 Å². The van der Waals surface area contributed by atoms with Gasteiger partial charge in [-0.1, -0.05) is 17.7 Å². The summed E-state index contributed by atoms with van der Waals surface area (Å²) in [5, 5.41) is 2.78. The number of esters is 1. The van der Waals surface area contributed by atoms with E-state index in [-0.39, 0.29) is 11.9 Å². The summed E-state index contributed by atoms with van der Waals surface area (Å²) < 4.78 is 4.90. The Morgan fingerprint density at radius 3 is 2.10 bits per heavy atom. The van der Waals surface area contributed by atoms with Gasteiger partial charge in [0.05, 0.1) is 12.2 Å². The highest BCUT2D eigenvalue weighted by Crippen LogP contribution is 2.12. The summed E-state index contributed by atoms with van der Waals surface area (Å²) in [6, 6.07) is 13.9. The van der Waals surface area contributed by atoms with Crippen LogP contribution in [0.2, 0.25) is 0 Å². The number of carbonyl (C=O) groups excluding carboxylic acids is 2. The minimum atomic E-state index is -0.367. The third kappa shape index (κ3) is 3.92. The fraction of sp³-hybridized carbons (Fsp3) is 0.176. The van der Waals surface area contributed by atoms with Crippen LogP contribution in [0.3, 0.4) is 0 Å². The molecule has 2 aromatic rings. The molecule has 0 fully saturated rings. The lowest BCUT2D eigenvalue weighted by atomic mass is 10.1. The van der Waals surface area contributed by atoms with E-state index < -0.39 is 0 Å². The summed E-state index contributed by atoms with van der Waals surface area (Å²) in [6.45, 7) is 4.06. The number of anilines is 1. The molecule has 0 spiro atoms. The third-order valence-corrected chi connectivity index (χ3v) is 2.97. The highest BCUT2D eigenvalue weighted by molar-refractivity contribution is 6.04. The molecule has 1 amide bonds. The molecule has 0 radical (unpaired) electrons. The monoisotopic (exact) mass is 283 g/mol. The largest absolute Gasteiger partial charge is 0.462 e. The summed E-state index contributed by atoms with van der Waals surface area (Å²) in [5.41, 5.74) is 2.79. The van der Waals surface area contributed by atoms with Crippen molar-refractivity contribution in [3.8, 4) is 0 Å². The Morgan fingerprint density at radius 2 is 1.52 bits per heavy atom. The van der Waals surface area contributed by atoms with E-state index in [1.54, 1.807) is 43.3 Å². The molecule has 0 unspecified atom stereocenters. The molecule has 0 aromatic heterocycles. The summed E-state index contributed by atoms with van der Waals surface area (Å²) >= 11 is 0. The fourth-order valence-corrected chi connectivity index (χ4v) is 1.81. The van der Waals surface area contributed by atoms with Gasteiger partial charge in [-0.3, -0.25) is 4.79 Å². The topological polar surface area (TPSA) is 55.4 Å². The van der Waals surface area contributed by atoms with Gasteiger partial charge in [-0.25, -0.2) is 4.79 Å². The molecule has 4 nitrogen and oxygen atoms in total. The first kappa shape index (κ1) is 14.8. The maximum atomic E-state index is 12.0. The van der Waals surface area contributed by atoms with Crippen molar-refractivity contribution in [3.05, 3.63) is 65.2 Å². The first-order valence-corrected chi connectivity index (χ1v) is 6.75. The van der Waals surface area contributed by atoms with E-state index in [9.17, 15) is 9.59 Å². The van der Waals surface area contributed by atoms with E-state index in [1.807, 2.05) is 19.1 Å². The van der Waals surface area contributed by atoms with E-state index in [1.165, 1.54) is 0 Å². The zero-order valence-electron chi connectivity index (χ0n) is 12.1. The number of nitrogens with one attached hydrogen (secondary N) is 1. The molecule has 0 heterocycles. The number of amides is 1. The Hall–Kier alpha value is -2.62. The van der Waals surface area contributed by atoms with Gasteiger partial charge in [-0.2, -0.15) is 0 Å². The SMILES string of the molecule is CCOC(=O)c1ccc(NC(=O)c2ccc(C)cc2)cc1. The van der Waals surface area contributed by atoms with Gasteiger partial charge in [-0.15, -0.1) is 0 Å². The zero-order valence-corrected chi connectivity index (χ0v) is 12.1. The summed E-state index contributed by atoms with van der Waals surface area (Å²) in [5.74, 6) is -0.548. The quantitative estimate of drug-likeness (QED) is 0.875. The molecule has 0 saturated carbocycles. The van der Waals surface area contributed by atoms with Crippen molar-refractivity contribution in [1.29, 1.82) is 0 Å². The van der Waals surface area contributed by atoms with Crippen LogP contribution in [-0.2, 0) is 4.74 Å². The normalized spacial score (nSPS) is 10.0. The number of benzene rings is 2. The number of hydrogen-bond acceptors (Lipinski definition) is 3. The number of ether oxygens (including phenoxy) is 1. The van der Waals surface area contributed by atoms with Crippen molar-refractivity contribution in [1.82, 2.24) is 0 Å². The van der Waals surface area contributed by atoms with Crippen molar-refractivity contribution in [2.24, 2.45) is 0 Å². The lowest BCUT2D eigenvalue weighted by molar-refractivity contribution is 0.0526.